The van der Waals surface area contributed by atoms with Crippen molar-refractivity contribution < 1.29 is 45.1 Å². The van der Waals surface area contributed by atoms with E-state index in [9.17, 15) is 0 Å². The summed E-state index contributed by atoms with van der Waals surface area (Å²) in [5.41, 5.74) is 11.0. The summed E-state index contributed by atoms with van der Waals surface area (Å²) in [4.78, 5) is 2.62. The van der Waals surface area contributed by atoms with Crippen molar-refractivity contribution in [3.8, 4) is 11.5 Å². The fourth-order valence-electron chi connectivity index (χ4n) is 6.88. The number of rotatable bonds is 2. The molecular formula is C31H32N2OSm. The maximum Gasteiger partial charge on any atom is 0.209 e. The van der Waals surface area contributed by atoms with E-state index in [1.807, 2.05) is 6.07 Å². The monoisotopic (exact) mass is 600 g/mol. The zero-order valence-electron chi connectivity index (χ0n) is 20.7. The Balaban J connectivity index is 0.00000229. The van der Waals surface area contributed by atoms with Crippen molar-refractivity contribution in [2.24, 2.45) is 0 Å². The minimum atomic E-state index is 0. The van der Waals surface area contributed by atoms with Crippen molar-refractivity contribution >= 4 is 11.3 Å². The smallest absolute Gasteiger partial charge is 0.209 e. The molecule has 0 fully saturated rings. The summed E-state index contributed by atoms with van der Waals surface area (Å²) >= 11 is 0. The molecule has 4 heteroatoms. The first kappa shape index (κ1) is 23.7. The molecule has 0 saturated heterocycles. The average molecular weight is 599 g/mol. The minimum absolute atomic E-state index is 0. The standard InChI is InChI=1S/C31H32N2O.Sm/c1-3-20-18-25-27(21-10-5-4-6-11-21)26-19-22-12-7-16-33-17-9-14-24(29(22)33)31(26)34-30(25)23-13-8-15-32(2)28(20)23;/h4-6,10,18-19H,3,7-9,12-17H2,1-2H3;. The number of nitrogens with zero attached hydrogens (tertiary/aromatic N) is 2. The maximum atomic E-state index is 7.06. The predicted octanol–water partition coefficient (Wildman–Crippen LogP) is 4.17. The summed E-state index contributed by atoms with van der Waals surface area (Å²) < 4.78 is 9.51. The molecule has 35 heavy (non-hydrogen) atoms. The summed E-state index contributed by atoms with van der Waals surface area (Å²) in [5, 5.41) is 2.66. The molecule has 4 aliphatic heterocycles. The molecule has 3 aromatic carbocycles. The molecule has 0 aliphatic carbocycles. The first-order valence-electron chi connectivity index (χ1n) is 13.1. The Morgan fingerprint density at radius 1 is 1.00 bits per heavy atom. The summed E-state index contributed by atoms with van der Waals surface area (Å²) in [5.74, 6) is 2.22. The van der Waals surface area contributed by atoms with Gasteiger partial charge in [0.1, 0.15) is 25.1 Å². The van der Waals surface area contributed by atoms with Gasteiger partial charge in [-0.05, 0) is 54.9 Å². The fraction of sp³-hybridized carbons (Fsp3) is 0.387. The molecular weight excluding hydrogens is 567 g/mol. The van der Waals surface area contributed by atoms with Crippen LogP contribution in [0.5, 0.6) is 11.5 Å². The van der Waals surface area contributed by atoms with Crippen molar-refractivity contribution in [2.45, 2.75) is 51.9 Å². The Hall–Kier alpha value is -1.73. The molecule has 0 unspecified atom stereocenters. The Kier molecular flexibility index (Phi) is 6.28. The van der Waals surface area contributed by atoms with E-state index in [2.05, 4.69) is 59.8 Å². The van der Waals surface area contributed by atoms with E-state index in [4.69, 9.17) is 4.74 Å². The van der Waals surface area contributed by atoms with Crippen molar-refractivity contribution in [1.82, 2.24) is 4.58 Å². The van der Waals surface area contributed by atoms with Crippen LogP contribution in [0.25, 0.3) is 5.57 Å². The van der Waals surface area contributed by atoms with Crippen LogP contribution in [0.4, 0.5) is 5.69 Å². The molecule has 0 amide bonds. The second kappa shape index (κ2) is 9.29. The Labute approximate surface area is 240 Å². The molecule has 178 valence electrons. The number of ether oxygens (including phenoxy) is 1. The molecule has 3 nitrogen and oxygen atoms in total. The van der Waals surface area contributed by atoms with Gasteiger partial charge in [0.25, 0.3) is 0 Å². The normalized spacial score (nSPS) is 17.5. The average Bonchev–Trinajstić information content (AvgIpc) is 2.88. The SMILES string of the molecule is CCc1cc2c(c3c1=[N+](C)CCC3)Oc1c(cc3c4c1CCCN4CCC3)C=2c1[c-]cccc1.[Sm]. The van der Waals surface area contributed by atoms with Gasteiger partial charge in [0.15, 0.2) is 0 Å². The second-order valence-electron chi connectivity index (χ2n) is 10.3. The summed E-state index contributed by atoms with van der Waals surface area (Å²) in [6.07, 6.45) is 8.03. The van der Waals surface area contributed by atoms with Gasteiger partial charge >= 0.3 is 0 Å². The molecule has 7 rings (SSSR count). The Bertz CT molecular complexity index is 1460. The van der Waals surface area contributed by atoms with Gasteiger partial charge in [-0.25, -0.2) is 4.58 Å². The van der Waals surface area contributed by atoms with Crippen LogP contribution in [0.3, 0.4) is 0 Å². The second-order valence-corrected chi connectivity index (χ2v) is 10.3. The van der Waals surface area contributed by atoms with Gasteiger partial charge in [-0.1, -0.05) is 24.6 Å². The molecule has 0 aromatic heterocycles. The third-order valence-electron chi connectivity index (χ3n) is 8.30. The number of fused-ring (bicyclic) bond motifs is 5. The van der Waals surface area contributed by atoms with Crippen LogP contribution in [-0.4, -0.2) is 26.7 Å². The van der Waals surface area contributed by atoms with Crippen LogP contribution in [0.2, 0.25) is 0 Å². The number of benzene rings is 3. The molecule has 0 bridgehead atoms. The van der Waals surface area contributed by atoms with Crippen molar-refractivity contribution in [3.05, 3.63) is 86.4 Å². The van der Waals surface area contributed by atoms with Crippen molar-refractivity contribution in [3.63, 3.8) is 0 Å². The topological polar surface area (TPSA) is 15.5 Å². The third-order valence-corrected chi connectivity index (χ3v) is 8.30. The zero-order chi connectivity index (χ0) is 22.8. The van der Waals surface area contributed by atoms with Crippen LogP contribution in [-0.2, 0) is 25.7 Å². The van der Waals surface area contributed by atoms with Crippen LogP contribution in [0.1, 0.15) is 59.6 Å². The first-order chi connectivity index (χ1) is 16.7. The van der Waals surface area contributed by atoms with Crippen LogP contribution >= 0.6 is 0 Å². The molecule has 0 saturated carbocycles. The van der Waals surface area contributed by atoms with Gasteiger partial charge in [0.05, 0.1) is 5.56 Å². The fourth-order valence-corrected chi connectivity index (χ4v) is 6.88. The van der Waals surface area contributed by atoms with Crippen LogP contribution in [0, 0.1) is 46.5 Å². The molecule has 0 atom stereocenters. The largest absolute Gasteiger partial charge is 0.457 e. The number of anilines is 1. The van der Waals surface area contributed by atoms with Crippen molar-refractivity contribution in [2.75, 3.05) is 31.6 Å². The summed E-state index contributed by atoms with van der Waals surface area (Å²) in [6, 6.07) is 16.9. The first-order valence-corrected chi connectivity index (χ1v) is 13.1. The van der Waals surface area contributed by atoms with E-state index in [-0.39, 0.29) is 40.4 Å². The maximum absolute atomic E-state index is 7.06. The Morgan fingerprint density at radius 3 is 2.63 bits per heavy atom. The van der Waals surface area contributed by atoms with E-state index in [1.165, 1.54) is 94.0 Å². The van der Waals surface area contributed by atoms with Crippen LogP contribution in [0.15, 0.2) is 36.4 Å². The Morgan fingerprint density at radius 2 is 1.83 bits per heavy atom. The molecule has 4 aliphatic rings. The van der Waals surface area contributed by atoms with Gasteiger partial charge in [-0.15, -0.1) is 35.9 Å². The molecule has 0 N–H and O–H groups in total. The van der Waals surface area contributed by atoms with E-state index in [0.717, 1.165) is 37.3 Å². The number of hydrogen-bond donors (Lipinski definition) is 0. The quantitative estimate of drug-likeness (QED) is 0.254. The van der Waals surface area contributed by atoms with Crippen LogP contribution < -0.4 is 24.8 Å². The molecule has 4 heterocycles. The van der Waals surface area contributed by atoms with Crippen molar-refractivity contribution in [1.29, 1.82) is 0 Å². The van der Waals surface area contributed by atoms with E-state index >= 15 is 0 Å². The molecule has 0 spiro atoms. The van der Waals surface area contributed by atoms with Gasteiger partial charge in [-0.2, -0.15) is 0 Å². The molecule has 0 radical (unpaired) electrons. The van der Waals surface area contributed by atoms with Gasteiger partial charge < -0.3 is 9.64 Å². The van der Waals surface area contributed by atoms with E-state index in [0.29, 0.717) is 0 Å². The van der Waals surface area contributed by atoms with E-state index < -0.39 is 0 Å². The van der Waals surface area contributed by atoms with Gasteiger partial charge in [-0.3, -0.25) is 0 Å². The van der Waals surface area contributed by atoms with Gasteiger partial charge in [0, 0.05) is 76.7 Å². The summed E-state index contributed by atoms with van der Waals surface area (Å²) in [6.45, 7) is 5.76. The minimum Gasteiger partial charge on any atom is -0.457 e. The predicted molar refractivity (Wildman–Crippen MR) is 138 cm³/mol. The third kappa shape index (κ3) is 3.63. The van der Waals surface area contributed by atoms with Gasteiger partial charge in [0.2, 0.25) is 5.36 Å². The van der Waals surface area contributed by atoms with E-state index in [1.54, 1.807) is 0 Å². The summed E-state index contributed by atoms with van der Waals surface area (Å²) in [7, 11) is 2.24. The number of aryl methyl sites for hydroxylation is 2. The number of hydrogen-bond acceptors (Lipinski definition) is 2. The zero-order valence-corrected chi connectivity index (χ0v) is 23.4. The molecule has 3 aromatic rings.